The van der Waals surface area contributed by atoms with E-state index in [9.17, 15) is 19.8 Å². The average Bonchev–Trinajstić information content (AvgIpc) is 2.86. The predicted octanol–water partition coefficient (Wildman–Crippen LogP) is 5.36. The van der Waals surface area contributed by atoms with Gasteiger partial charge in [0, 0.05) is 16.8 Å². The summed E-state index contributed by atoms with van der Waals surface area (Å²) >= 11 is 0. The zero-order valence-electron chi connectivity index (χ0n) is 20.5. The highest BCUT2D eigenvalue weighted by Crippen LogP contribution is 2.32. The molecular weight excluding hydrogens is 472 g/mol. The highest BCUT2D eigenvalue weighted by atomic mass is 16.4. The van der Waals surface area contributed by atoms with Crippen LogP contribution < -0.4 is 11.5 Å². The molecule has 0 radical (unpaired) electrons. The lowest BCUT2D eigenvalue weighted by molar-refractivity contribution is 0.0686. The smallest absolute Gasteiger partial charge is 0.335 e. The average molecular weight is 503 g/mol. The molecule has 8 heteroatoms. The van der Waals surface area contributed by atoms with Crippen molar-refractivity contribution >= 4 is 23.3 Å². The number of aromatic carboxylic acids is 2. The van der Waals surface area contributed by atoms with Gasteiger partial charge in [-0.1, -0.05) is 38.1 Å². The summed E-state index contributed by atoms with van der Waals surface area (Å²) in [6.07, 6.45) is 0. The van der Waals surface area contributed by atoms with Gasteiger partial charge in [-0.2, -0.15) is 0 Å². The number of phenolic OH excluding ortho intramolecular Hbond substituents is 2. The van der Waals surface area contributed by atoms with Gasteiger partial charge < -0.3 is 31.9 Å². The normalized spacial score (nSPS) is 10.2. The van der Waals surface area contributed by atoms with E-state index in [-0.39, 0.29) is 28.0 Å². The number of phenols is 2. The van der Waals surface area contributed by atoms with Gasteiger partial charge in [0.15, 0.2) is 0 Å². The summed E-state index contributed by atoms with van der Waals surface area (Å²) < 4.78 is 0. The molecule has 8 N–H and O–H groups in total. The second-order valence-corrected chi connectivity index (χ2v) is 8.57. The van der Waals surface area contributed by atoms with Crippen LogP contribution in [0.4, 0.5) is 11.4 Å². The number of carboxylic acid groups (broad SMARTS) is 2. The molecular formula is C29H30N2O6. The summed E-state index contributed by atoms with van der Waals surface area (Å²) in [5, 5.41) is 35.5. The number of nitrogen functional groups attached to an aromatic ring is 2. The molecule has 8 nitrogen and oxygen atoms in total. The molecule has 37 heavy (non-hydrogen) atoms. The summed E-state index contributed by atoms with van der Waals surface area (Å²) in [7, 11) is 0. The molecule has 4 aromatic rings. The Kier molecular flexibility index (Phi) is 9.66. The highest BCUT2D eigenvalue weighted by molar-refractivity contribution is 5.88. The van der Waals surface area contributed by atoms with Gasteiger partial charge >= 0.3 is 11.9 Å². The standard InChI is InChI=1S/C15H16O2.2C7H7NO2/c1-15(2,11-3-7-13(16)8-4-11)12-5-9-14(17)10-6-12;2*8-6-3-1-5(2-4-6)7(9)10/h3-10,16-17H,1-2H3;2*1-4H,8H2,(H,9,10). The molecule has 0 unspecified atom stereocenters. The van der Waals surface area contributed by atoms with Gasteiger partial charge in [-0.3, -0.25) is 0 Å². The summed E-state index contributed by atoms with van der Waals surface area (Å²) in [6.45, 7) is 4.23. The van der Waals surface area contributed by atoms with Crippen LogP contribution in [-0.2, 0) is 5.41 Å². The van der Waals surface area contributed by atoms with Gasteiger partial charge in [0.25, 0.3) is 0 Å². The molecule has 0 bridgehead atoms. The van der Waals surface area contributed by atoms with E-state index in [1.165, 1.54) is 24.3 Å². The van der Waals surface area contributed by atoms with Crippen molar-refractivity contribution in [2.75, 3.05) is 11.5 Å². The Bertz CT molecular complexity index is 1200. The number of hydrogen-bond acceptors (Lipinski definition) is 6. The van der Waals surface area contributed by atoms with Crippen LogP contribution in [0.3, 0.4) is 0 Å². The van der Waals surface area contributed by atoms with Crippen LogP contribution in [0, 0.1) is 0 Å². The minimum atomic E-state index is -0.931. The second kappa shape index (κ2) is 12.6. The van der Waals surface area contributed by atoms with Gasteiger partial charge in [-0.25, -0.2) is 9.59 Å². The van der Waals surface area contributed by atoms with Crippen molar-refractivity contribution in [2.24, 2.45) is 0 Å². The third-order valence-electron chi connectivity index (χ3n) is 5.49. The number of carboxylic acids is 2. The van der Waals surface area contributed by atoms with Gasteiger partial charge in [-0.05, 0) is 83.9 Å². The van der Waals surface area contributed by atoms with Crippen LogP contribution in [0.2, 0.25) is 0 Å². The molecule has 0 saturated heterocycles. The van der Waals surface area contributed by atoms with Crippen LogP contribution in [0.15, 0.2) is 97.1 Å². The minimum absolute atomic E-state index is 0.151. The van der Waals surface area contributed by atoms with E-state index in [1.54, 1.807) is 48.5 Å². The molecule has 0 amide bonds. The topological polar surface area (TPSA) is 167 Å². The maximum Gasteiger partial charge on any atom is 0.335 e. The third kappa shape index (κ3) is 8.63. The number of aromatic hydroxyl groups is 2. The lowest BCUT2D eigenvalue weighted by Crippen LogP contribution is -2.18. The summed E-state index contributed by atoms with van der Waals surface area (Å²) in [6, 6.07) is 26.6. The molecule has 4 aromatic carbocycles. The van der Waals surface area contributed by atoms with E-state index in [2.05, 4.69) is 13.8 Å². The Morgan fingerprint density at radius 3 is 1.05 bits per heavy atom. The van der Waals surface area contributed by atoms with E-state index in [1.807, 2.05) is 24.3 Å². The van der Waals surface area contributed by atoms with Gasteiger partial charge in [0.2, 0.25) is 0 Å². The van der Waals surface area contributed by atoms with E-state index < -0.39 is 11.9 Å². The number of hydrogen-bond donors (Lipinski definition) is 6. The monoisotopic (exact) mass is 502 g/mol. The molecule has 0 aliphatic rings. The first-order valence-corrected chi connectivity index (χ1v) is 11.2. The lowest BCUT2D eigenvalue weighted by Gasteiger charge is -2.26. The summed E-state index contributed by atoms with van der Waals surface area (Å²) in [5.41, 5.74) is 14.4. The van der Waals surface area contributed by atoms with E-state index in [0.717, 1.165) is 11.1 Å². The minimum Gasteiger partial charge on any atom is -0.508 e. The number of rotatable bonds is 4. The fourth-order valence-corrected chi connectivity index (χ4v) is 3.17. The molecule has 192 valence electrons. The van der Waals surface area contributed by atoms with Crippen LogP contribution >= 0.6 is 0 Å². The van der Waals surface area contributed by atoms with Crippen molar-refractivity contribution in [3.8, 4) is 11.5 Å². The van der Waals surface area contributed by atoms with Crippen molar-refractivity contribution in [1.82, 2.24) is 0 Å². The molecule has 0 aliphatic carbocycles. The zero-order chi connectivity index (χ0) is 27.6. The molecule has 0 atom stereocenters. The van der Waals surface area contributed by atoms with Crippen molar-refractivity contribution in [1.29, 1.82) is 0 Å². The Morgan fingerprint density at radius 1 is 0.541 bits per heavy atom. The Hall–Kier alpha value is -4.98. The first-order chi connectivity index (χ1) is 17.4. The van der Waals surface area contributed by atoms with E-state index >= 15 is 0 Å². The first-order valence-electron chi connectivity index (χ1n) is 11.2. The quantitative estimate of drug-likeness (QED) is 0.203. The van der Waals surface area contributed by atoms with E-state index in [0.29, 0.717) is 11.4 Å². The van der Waals surface area contributed by atoms with Crippen LogP contribution in [0.25, 0.3) is 0 Å². The number of benzene rings is 4. The maximum atomic E-state index is 10.3. The summed E-state index contributed by atoms with van der Waals surface area (Å²) in [5.74, 6) is -1.31. The molecule has 0 saturated carbocycles. The van der Waals surface area contributed by atoms with Crippen molar-refractivity contribution in [2.45, 2.75) is 19.3 Å². The Morgan fingerprint density at radius 2 is 0.811 bits per heavy atom. The predicted molar refractivity (Wildman–Crippen MR) is 144 cm³/mol. The molecule has 0 heterocycles. The molecule has 0 aromatic heterocycles. The number of carbonyl (C=O) groups is 2. The molecule has 0 spiro atoms. The second-order valence-electron chi connectivity index (χ2n) is 8.57. The van der Waals surface area contributed by atoms with Crippen LogP contribution in [-0.4, -0.2) is 32.4 Å². The van der Waals surface area contributed by atoms with Crippen molar-refractivity contribution < 1.29 is 30.0 Å². The summed E-state index contributed by atoms with van der Waals surface area (Å²) in [4.78, 5) is 20.5. The Labute approximate surface area is 215 Å². The lowest BCUT2D eigenvalue weighted by atomic mass is 9.78. The van der Waals surface area contributed by atoms with Crippen molar-refractivity contribution in [3.63, 3.8) is 0 Å². The molecule has 0 fully saturated rings. The van der Waals surface area contributed by atoms with Gasteiger partial charge in [-0.15, -0.1) is 0 Å². The molecule has 0 aliphatic heterocycles. The maximum absolute atomic E-state index is 10.3. The van der Waals surface area contributed by atoms with Gasteiger partial charge in [0.1, 0.15) is 11.5 Å². The number of nitrogens with two attached hydrogens (primary N) is 2. The first kappa shape index (κ1) is 28.3. The van der Waals surface area contributed by atoms with Crippen molar-refractivity contribution in [3.05, 3.63) is 119 Å². The zero-order valence-corrected chi connectivity index (χ0v) is 20.5. The molecule has 4 rings (SSSR count). The largest absolute Gasteiger partial charge is 0.508 e. The Balaban J connectivity index is 0.000000208. The van der Waals surface area contributed by atoms with Gasteiger partial charge in [0.05, 0.1) is 11.1 Å². The number of anilines is 2. The van der Waals surface area contributed by atoms with Crippen LogP contribution in [0.1, 0.15) is 45.7 Å². The van der Waals surface area contributed by atoms with Crippen LogP contribution in [0.5, 0.6) is 11.5 Å². The van der Waals surface area contributed by atoms with E-state index in [4.69, 9.17) is 21.7 Å². The SMILES string of the molecule is CC(C)(c1ccc(O)cc1)c1ccc(O)cc1.Nc1ccc(C(=O)O)cc1.Nc1ccc(C(=O)O)cc1. The fraction of sp³-hybridized carbons (Fsp3) is 0.103. The third-order valence-corrected chi connectivity index (χ3v) is 5.49. The highest BCUT2D eigenvalue weighted by Gasteiger charge is 2.22. The fourth-order valence-electron chi connectivity index (χ4n) is 3.17.